The van der Waals surface area contributed by atoms with E-state index in [1.54, 1.807) is 43.1 Å². The fourth-order valence-electron chi connectivity index (χ4n) is 7.19. The maximum absolute atomic E-state index is 14.2. The maximum Gasteiger partial charge on any atom is 0.328 e. The van der Waals surface area contributed by atoms with Gasteiger partial charge in [-0.25, -0.2) is 9.78 Å². The highest BCUT2D eigenvalue weighted by molar-refractivity contribution is 5.87. The van der Waals surface area contributed by atoms with E-state index in [1.165, 1.54) is 21.3 Å². The minimum Gasteiger partial charge on any atom is -0.481 e. The van der Waals surface area contributed by atoms with Gasteiger partial charge >= 0.3 is 5.97 Å². The van der Waals surface area contributed by atoms with E-state index >= 15 is 0 Å². The summed E-state index contributed by atoms with van der Waals surface area (Å²) in [6.07, 6.45) is 2.73. The Morgan fingerprint density at radius 2 is 1.70 bits per heavy atom. The smallest absolute Gasteiger partial charge is 0.328 e. The zero-order chi connectivity index (χ0) is 39.2. The van der Waals surface area contributed by atoms with Crippen LogP contribution in [-0.2, 0) is 39.8 Å². The Morgan fingerprint density at radius 3 is 2.28 bits per heavy atom. The summed E-state index contributed by atoms with van der Waals surface area (Å²) in [5.74, 6) is -1.41. The van der Waals surface area contributed by atoms with Gasteiger partial charge in [0.25, 0.3) is 0 Å². The maximum atomic E-state index is 14.2. The molecule has 1 aromatic carbocycles. The van der Waals surface area contributed by atoms with Crippen LogP contribution >= 0.6 is 0 Å². The summed E-state index contributed by atoms with van der Waals surface area (Å²) in [5, 5.41) is 6.04. The van der Waals surface area contributed by atoms with Crippen LogP contribution < -0.4 is 15.4 Å². The normalized spacial score (nSPS) is 18.2. The Morgan fingerprint density at radius 1 is 1.00 bits per heavy atom. The van der Waals surface area contributed by atoms with Gasteiger partial charge in [0.15, 0.2) is 0 Å². The standard InChI is InChI=1S/C39H60N6O8/c1-11-25(4)34(44(6)37(48)33(24(2)3)43-39-40-20-19-31(42-39)51-8)30(50-7)23-32(46)45-21-15-18-29(45)35(52-9)26(5)36(47)41-28(38(49)53-10)22-27-16-13-12-14-17-27/h12-14,16-17,19-20,24-26,28-30,33-35H,11,15,18,21-23H2,1-10H3,(H,41,47)(H,40,42,43)/t25-,26+,28-,29-,30+,33-,34-,35+/m0/s1. The van der Waals surface area contributed by atoms with Gasteiger partial charge in [-0.2, -0.15) is 4.98 Å². The Balaban J connectivity index is 1.78. The second-order valence-electron chi connectivity index (χ2n) is 14.2. The van der Waals surface area contributed by atoms with Crippen LogP contribution in [0.4, 0.5) is 5.95 Å². The van der Waals surface area contributed by atoms with Gasteiger partial charge in [0, 0.05) is 46.5 Å². The number of aromatic nitrogens is 2. The minimum atomic E-state index is -0.885. The first-order valence-corrected chi connectivity index (χ1v) is 18.5. The molecule has 0 bridgehead atoms. The second kappa shape index (κ2) is 20.8. The number of carbonyl (C=O) groups excluding carboxylic acids is 4. The first-order chi connectivity index (χ1) is 25.3. The molecule has 1 saturated heterocycles. The largest absolute Gasteiger partial charge is 0.481 e. The molecule has 3 amide bonds. The number of anilines is 1. The molecule has 0 unspecified atom stereocenters. The number of amides is 3. The topological polar surface area (TPSA) is 162 Å². The third-order valence-corrected chi connectivity index (χ3v) is 10.4. The van der Waals surface area contributed by atoms with Crippen LogP contribution in [0.25, 0.3) is 0 Å². The summed E-state index contributed by atoms with van der Waals surface area (Å²) in [6.45, 7) is 10.2. The van der Waals surface area contributed by atoms with Crippen LogP contribution in [0, 0.1) is 17.8 Å². The Kier molecular flexibility index (Phi) is 16.9. The van der Waals surface area contributed by atoms with E-state index < -0.39 is 42.2 Å². The molecule has 2 heterocycles. The summed E-state index contributed by atoms with van der Waals surface area (Å²) in [4.78, 5) is 66.7. The molecule has 8 atom stereocenters. The van der Waals surface area contributed by atoms with Gasteiger partial charge in [0.1, 0.15) is 12.1 Å². The average Bonchev–Trinajstić information content (AvgIpc) is 3.65. The lowest BCUT2D eigenvalue weighted by Gasteiger charge is -2.40. The molecule has 0 radical (unpaired) electrons. The van der Waals surface area contributed by atoms with Crippen molar-refractivity contribution in [3.05, 3.63) is 48.2 Å². The van der Waals surface area contributed by atoms with Crippen LogP contribution in [0.2, 0.25) is 0 Å². The van der Waals surface area contributed by atoms with Crippen molar-refractivity contribution >= 4 is 29.6 Å². The predicted molar refractivity (Wildman–Crippen MR) is 201 cm³/mol. The van der Waals surface area contributed by atoms with Gasteiger partial charge in [-0.05, 0) is 30.2 Å². The third kappa shape index (κ3) is 11.3. The van der Waals surface area contributed by atoms with E-state index in [0.717, 1.165) is 18.4 Å². The van der Waals surface area contributed by atoms with Gasteiger partial charge in [0.2, 0.25) is 29.5 Å². The molecular weight excluding hydrogens is 680 g/mol. The van der Waals surface area contributed by atoms with Gasteiger partial charge < -0.3 is 39.4 Å². The zero-order valence-corrected chi connectivity index (χ0v) is 33.0. The van der Waals surface area contributed by atoms with Crippen molar-refractivity contribution in [2.75, 3.05) is 47.3 Å². The summed E-state index contributed by atoms with van der Waals surface area (Å²) >= 11 is 0. The summed E-state index contributed by atoms with van der Waals surface area (Å²) < 4.78 is 22.2. The number of likely N-dealkylation sites (tertiary alicyclic amines) is 1. The van der Waals surface area contributed by atoms with E-state index in [0.29, 0.717) is 18.8 Å². The van der Waals surface area contributed by atoms with Crippen LogP contribution in [0.3, 0.4) is 0 Å². The molecule has 1 aromatic heterocycles. The number of hydrogen-bond donors (Lipinski definition) is 2. The number of nitrogens with one attached hydrogen (secondary N) is 2. The minimum absolute atomic E-state index is 0.00830. The number of nitrogens with zero attached hydrogens (tertiary/aromatic N) is 4. The number of benzene rings is 1. The van der Waals surface area contributed by atoms with Crippen LogP contribution in [0.15, 0.2) is 42.6 Å². The molecule has 53 heavy (non-hydrogen) atoms. The molecule has 0 spiro atoms. The molecule has 0 saturated carbocycles. The number of hydrogen-bond acceptors (Lipinski definition) is 11. The molecule has 2 aromatic rings. The van der Waals surface area contributed by atoms with Crippen molar-refractivity contribution < 1.29 is 38.1 Å². The third-order valence-electron chi connectivity index (χ3n) is 10.4. The molecule has 0 aliphatic carbocycles. The molecular formula is C39H60N6O8. The van der Waals surface area contributed by atoms with Crippen molar-refractivity contribution in [2.24, 2.45) is 17.8 Å². The second-order valence-corrected chi connectivity index (χ2v) is 14.2. The van der Waals surface area contributed by atoms with Gasteiger partial charge in [-0.1, -0.05) is 71.4 Å². The highest BCUT2D eigenvalue weighted by Gasteiger charge is 2.43. The van der Waals surface area contributed by atoms with Crippen molar-refractivity contribution in [3.8, 4) is 5.88 Å². The first kappa shape index (κ1) is 43.1. The average molecular weight is 741 g/mol. The van der Waals surface area contributed by atoms with Crippen molar-refractivity contribution in [1.82, 2.24) is 25.1 Å². The number of rotatable bonds is 20. The van der Waals surface area contributed by atoms with Gasteiger partial charge in [0.05, 0.1) is 50.8 Å². The molecule has 3 rings (SSSR count). The molecule has 2 N–H and O–H groups in total. The fourth-order valence-corrected chi connectivity index (χ4v) is 7.19. The lowest BCUT2D eigenvalue weighted by atomic mass is 9.89. The number of ether oxygens (including phenoxy) is 4. The summed E-state index contributed by atoms with van der Waals surface area (Å²) in [7, 11) is 7.65. The summed E-state index contributed by atoms with van der Waals surface area (Å²) in [6, 6.07) is 8.67. The number of methoxy groups -OCH3 is 4. The number of esters is 1. The monoisotopic (exact) mass is 740 g/mol. The summed E-state index contributed by atoms with van der Waals surface area (Å²) in [5.41, 5.74) is 0.879. The highest BCUT2D eigenvalue weighted by atomic mass is 16.5. The van der Waals surface area contributed by atoms with Crippen molar-refractivity contribution in [1.29, 1.82) is 0 Å². The van der Waals surface area contributed by atoms with Crippen LogP contribution in [0.1, 0.15) is 65.9 Å². The Bertz CT molecular complexity index is 1480. The molecule has 14 heteroatoms. The molecule has 1 fully saturated rings. The van der Waals surface area contributed by atoms with Gasteiger partial charge in [-0.3, -0.25) is 14.4 Å². The Labute approximate surface area is 314 Å². The zero-order valence-electron chi connectivity index (χ0n) is 33.0. The van der Waals surface area contributed by atoms with Crippen molar-refractivity contribution in [3.63, 3.8) is 0 Å². The predicted octanol–water partition coefficient (Wildman–Crippen LogP) is 3.74. The fraction of sp³-hybridized carbons (Fsp3) is 0.641. The SMILES string of the molecule is CC[C@H](C)[C@@H]([C@@H](CC(=O)N1CCC[C@H]1[C@H](OC)[C@@H](C)C(=O)N[C@@H](Cc1ccccc1)C(=O)OC)OC)N(C)C(=O)[C@@H](Nc1nccc(OC)n1)C(C)C. The Hall–Kier alpha value is -4.30. The van der Waals surface area contributed by atoms with E-state index in [9.17, 15) is 19.2 Å². The molecule has 1 aliphatic rings. The van der Waals surface area contributed by atoms with E-state index in [2.05, 4.69) is 20.6 Å². The molecule has 1 aliphatic heterocycles. The molecule has 294 valence electrons. The lowest BCUT2D eigenvalue weighted by molar-refractivity contribution is -0.148. The lowest BCUT2D eigenvalue weighted by Crippen LogP contribution is -2.56. The number of likely N-dealkylation sites (N-methyl/N-ethyl adjacent to an activating group) is 1. The van der Waals surface area contributed by atoms with Gasteiger partial charge in [-0.15, -0.1) is 0 Å². The van der Waals surface area contributed by atoms with E-state index in [4.69, 9.17) is 18.9 Å². The highest BCUT2D eigenvalue weighted by Crippen LogP contribution is 2.30. The van der Waals surface area contributed by atoms with Crippen LogP contribution in [-0.4, -0.2) is 122 Å². The first-order valence-electron chi connectivity index (χ1n) is 18.5. The van der Waals surface area contributed by atoms with E-state index in [-0.39, 0.29) is 54.4 Å². The van der Waals surface area contributed by atoms with Crippen LogP contribution in [0.5, 0.6) is 5.88 Å². The van der Waals surface area contributed by atoms with Crippen molar-refractivity contribution in [2.45, 2.75) is 103 Å². The quantitative estimate of drug-likeness (QED) is 0.190. The van der Waals surface area contributed by atoms with E-state index in [1.807, 2.05) is 58.0 Å². The molecule has 14 nitrogen and oxygen atoms in total. The number of carbonyl (C=O) groups is 4.